The Kier molecular flexibility index (Phi) is 4.55. The number of carbonyl (C=O) groups is 2. The van der Waals surface area contributed by atoms with Crippen molar-refractivity contribution in [2.24, 2.45) is 0 Å². The highest BCUT2D eigenvalue weighted by molar-refractivity contribution is 6.11. The highest BCUT2D eigenvalue weighted by atomic mass is 16.6. The number of nitro benzene ring substituents is 1. The first-order valence-corrected chi connectivity index (χ1v) is 6.39. The number of methoxy groups -OCH3 is 1. The number of ether oxygens (including phenoxy) is 1. The van der Waals surface area contributed by atoms with Gasteiger partial charge in [0, 0.05) is 23.9 Å². The molecule has 0 aliphatic carbocycles. The topological polar surface area (TPSA) is 119 Å². The van der Waals surface area contributed by atoms with Gasteiger partial charge < -0.3 is 15.2 Å². The van der Waals surface area contributed by atoms with E-state index in [1.807, 2.05) is 0 Å². The second kappa shape index (κ2) is 6.56. The van der Waals surface area contributed by atoms with Gasteiger partial charge in [0.15, 0.2) is 0 Å². The Hall–Kier alpha value is -3.42. The van der Waals surface area contributed by atoms with Crippen LogP contribution in [0, 0.1) is 10.1 Å². The molecular formula is C15H12N2O6. The lowest BCUT2D eigenvalue weighted by atomic mass is 10.1. The largest absolute Gasteiger partial charge is 0.497 e. The molecular weight excluding hydrogens is 304 g/mol. The van der Waals surface area contributed by atoms with Gasteiger partial charge in [-0.1, -0.05) is 6.07 Å². The van der Waals surface area contributed by atoms with E-state index >= 15 is 0 Å². The summed E-state index contributed by atoms with van der Waals surface area (Å²) in [6.45, 7) is 0. The maximum Gasteiger partial charge on any atom is 0.336 e. The van der Waals surface area contributed by atoms with Crippen LogP contribution in [0.5, 0.6) is 5.75 Å². The maximum atomic E-state index is 12.2. The van der Waals surface area contributed by atoms with Crippen LogP contribution in [0.2, 0.25) is 0 Å². The number of hydrogen-bond donors (Lipinski definition) is 2. The van der Waals surface area contributed by atoms with Gasteiger partial charge in [-0.2, -0.15) is 0 Å². The van der Waals surface area contributed by atoms with Crippen LogP contribution in [0.25, 0.3) is 0 Å². The van der Waals surface area contributed by atoms with Gasteiger partial charge in [-0.25, -0.2) is 4.79 Å². The maximum absolute atomic E-state index is 12.2. The van der Waals surface area contributed by atoms with Crippen molar-refractivity contribution in [1.29, 1.82) is 0 Å². The first kappa shape index (κ1) is 16.0. The first-order chi connectivity index (χ1) is 10.9. The summed E-state index contributed by atoms with van der Waals surface area (Å²) in [5.41, 5.74) is -0.616. The number of nitrogens with zero attached hydrogens (tertiary/aromatic N) is 1. The fraction of sp³-hybridized carbons (Fsp3) is 0.0667. The molecule has 0 radical (unpaired) electrons. The average molecular weight is 316 g/mol. The minimum absolute atomic E-state index is 0.175. The van der Waals surface area contributed by atoms with Crippen molar-refractivity contribution < 1.29 is 24.4 Å². The van der Waals surface area contributed by atoms with Crippen LogP contribution in [0.3, 0.4) is 0 Å². The number of carboxylic acids is 1. The zero-order valence-electron chi connectivity index (χ0n) is 12.0. The number of anilines is 1. The Morgan fingerprint density at radius 1 is 1.17 bits per heavy atom. The zero-order valence-corrected chi connectivity index (χ0v) is 12.0. The third kappa shape index (κ3) is 3.62. The van der Waals surface area contributed by atoms with E-state index in [1.54, 1.807) is 24.3 Å². The fourth-order valence-electron chi connectivity index (χ4n) is 1.92. The third-order valence-corrected chi connectivity index (χ3v) is 3.02. The standard InChI is InChI=1S/C15H12N2O6/c1-23-11-4-2-3-9(7-11)16-14(18)12-6-5-10(17(21)22)8-13(12)15(19)20/h2-8H,1H3,(H,16,18)(H,19,20). The Morgan fingerprint density at radius 2 is 1.91 bits per heavy atom. The van der Waals surface area contributed by atoms with E-state index in [0.717, 1.165) is 18.2 Å². The molecule has 2 rings (SSSR count). The molecule has 1 amide bonds. The van der Waals surface area contributed by atoms with Crippen molar-refractivity contribution in [2.75, 3.05) is 12.4 Å². The molecule has 8 nitrogen and oxygen atoms in total. The summed E-state index contributed by atoms with van der Waals surface area (Å²) in [5.74, 6) is -1.60. The molecule has 118 valence electrons. The summed E-state index contributed by atoms with van der Waals surface area (Å²) in [4.78, 5) is 33.5. The normalized spacial score (nSPS) is 9.96. The Labute approximate surface area is 130 Å². The van der Waals surface area contributed by atoms with Crippen LogP contribution >= 0.6 is 0 Å². The average Bonchev–Trinajstić information content (AvgIpc) is 2.54. The van der Waals surface area contributed by atoms with Crippen LogP contribution < -0.4 is 10.1 Å². The van der Waals surface area contributed by atoms with E-state index in [4.69, 9.17) is 9.84 Å². The molecule has 0 saturated carbocycles. The first-order valence-electron chi connectivity index (χ1n) is 6.39. The van der Waals surface area contributed by atoms with E-state index < -0.39 is 28.1 Å². The number of nitrogens with one attached hydrogen (secondary N) is 1. The summed E-state index contributed by atoms with van der Waals surface area (Å²) < 4.78 is 5.03. The molecule has 0 heterocycles. The molecule has 2 aromatic carbocycles. The molecule has 0 aliphatic rings. The lowest BCUT2D eigenvalue weighted by Crippen LogP contribution is -2.16. The van der Waals surface area contributed by atoms with E-state index in [0.29, 0.717) is 11.4 Å². The van der Waals surface area contributed by atoms with Gasteiger partial charge in [0.1, 0.15) is 5.75 Å². The Bertz CT molecular complexity index is 787. The smallest absolute Gasteiger partial charge is 0.336 e. The van der Waals surface area contributed by atoms with Crippen LogP contribution in [0.1, 0.15) is 20.7 Å². The molecule has 0 aromatic heterocycles. The molecule has 2 aromatic rings. The summed E-state index contributed by atoms with van der Waals surface area (Å²) in [6.07, 6.45) is 0. The van der Waals surface area contributed by atoms with Gasteiger partial charge in [-0.15, -0.1) is 0 Å². The molecule has 0 atom stereocenters. The third-order valence-electron chi connectivity index (χ3n) is 3.02. The van der Waals surface area contributed by atoms with Gasteiger partial charge in [-0.3, -0.25) is 14.9 Å². The fourth-order valence-corrected chi connectivity index (χ4v) is 1.92. The highest BCUT2D eigenvalue weighted by Gasteiger charge is 2.20. The van der Waals surface area contributed by atoms with Crippen molar-refractivity contribution in [3.63, 3.8) is 0 Å². The Morgan fingerprint density at radius 3 is 2.52 bits per heavy atom. The van der Waals surface area contributed by atoms with Crippen LogP contribution in [0.4, 0.5) is 11.4 Å². The lowest BCUT2D eigenvalue weighted by molar-refractivity contribution is -0.384. The quantitative estimate of drug-likeness (QED) is 0.646. The summed E-state index contributed by atoms with van der Waals surface area (Å²) in [5, 5.41) is 22.4. The SMILES string of the molecule is COc1cccc(NC(=O)c2ccc([N+](=O)[O-])cc2C(=O)O)c1. The molecule has 0 fully saturated rings. The van der Waals surface area contributed by atoms with Gasteiger partial charge in [0.2, 0.25) is 0 Å². The molecule has 23 heavy (non-hydrogen) atoms. The highest BCUT2D eigenvalue weighted by Crippen LogP contribution is 2.21. The number of carboxylic acid groups (broad SMARTS) is 1. The monoisotopic (exact) mass is 316 g/mol. The summed E-state index contributed by atoms with van der Waals surface area (Å²) in [6, 6.07) is 9.54. The van der Waals surface area contributed by atoms with E-state index in [9.17, 15) is 19.7 Å². The Balaban J connectivity index is 2.34. The van der Waals surface area contributed by atoms with Crippen molar-refractivity contribution in [1.82, 2.24) is 0 Å². The molecule has 2 N–H and O–H groups in total. The lowest BCUT2D eigenvalue weighted by Gasteiger charge is -2.09. The molecule has 0 spiro atoms. The number of benzene rings is 2. The molecule has 0 bridgehead atoms. The molecule has 0 unspecified atom stereocenters. The predicted octanol–water partition coefficient (Wildman–Crippen LogP) is 2.55. The van der Waals surface area contributed by atoms with Gasteiger partial charge in [0.05, 0.1) is 23.2 Å². The second-order valence-electron chi connectivity index (χ2n) is 4.48. The molecule has 0 saturated heterocycles. The molecule has 0 aliphatic heterocycles. The number of hydrogen-bond acceptors (Lipinski definition) is 5. The van der Waals surface area contributed by atoms with Crippen LogP contribution in [-0.2, 0) is 0 Å². The number of rotatable bonds is 5. The van der Waals surface area contributed by atoms with Gasteiger partial charge in [-0.05, 0) is 18.2 Å². The number of amides is 1. The van der Waals surface area contributed by atoms with Crippen molar-refractivity contribution in [3.8, 4) is 5.75 Å². The van der Waals surface area contributed by atoms with Crippen molar-refractivity contribution in [3.05, 3.63) is 63.7 Å². The number of nitro groups is 1. The minimum Gasteiger partial charge on any atom is -0.497 e. The van der Waals surface area contributed by atoms with Crippen molar-refractivity contribution in [2.45, 2.75) is 0 Å². The van der Waals surface area contributed by atoms with Gasteiger partial charge >= 0.3 is 5.97 Å². The van der Waals surface area contributed by atoms with E-state index in [2.05, 4.69) is 5.32 Å². The second-order valence-corrected chi connectivity index (χ2v) is 4.48. The predicted molar refractivity (Wildman–Crippen MR) is 81.0 cm³/mol. The van der Waals surface area contributed by atoms with Crippen LogP contribution in [-0.4, -0.2) is 29.0 Å². The summed E-state index contributed by atoms with van der Waals surface area (Å²) >= 11 is 0. The van der Waals surface area contributed by atoms with E-state index in [-0.39, 0.29) is 5.56 Å². The molecule has 8 heteroatoms. The number of non-ortho nitro benzene ring substituents is 1. The van der Waals surface area contributed by atoms with Crippen molar-refractivity contribution >= 4 is 23.3 Å². The number of aromatic carboxylic acids is 1. The van der Waals surface area contributed by atoms with Crippen LogP contribution in [0.15, 0.2) is 42.5 Å². The summed E-state index contributed by atoms with van der Waals surface area (Å²) in [7, 11) is 1.47. The van der Waals surface area contributed by atoms with E-state index in [1.165, 1.54) is 7.11 Å². The zero-order chi connectivity index (χ0) is 17.0. The number of carbonyl (C=O) groups excluding carboxylic acids is 1. The minimum atomic E-state index is -1.43. The van der Waals surface area contributed by atoms with Gasteiger partial charge in [0.25, 0.3) is 11.6 Å².